The molecule has 0 amide bonds. The van der Waals surface area contributed by atoms with E-state index in [1.165, 1.54) is 0 Å². The van der Waals surface area contributed by atoms with Crippen LogP contribution in [-0.2, 0) is 6.61 Å². The normalized spacial score (nSPS) is 10.9. The highest BCUT2D eigenvalue weighted by Gasteiger charge is 2.19. The lowest BCUT2D eigenvalue weighted by Crippen LogP contribution is -2.14. The molecule has 2 aromatic carbocycles. The van der Waals surface area contributed by atoms with Crippen molar-refractivity contribution in [2.45, 2.75) is 20.5 Å². The van der Waals surface area contributed by atoms with Gasteiger partial charge in [-0.1, -0.05) is 24.3 Å². The molecule has 4 nitrogen and oxygen atoms in total. The fourth-order valence-electron chi connectivity index (χ4n) is 2.91. The Morgan fingerprint density at radius 3 is 2.70 bits per heavy atom. The monoisotopic (exact) mass is 309 g/mol. The first-order chi connectivity index (χ1) is 11.2. The van der Waals surface area contributed by atoms with Crippen LogP contribution in [0.3, 0.4) is 0 Å². The largest absolute Gasteiger partial charge is 0.494 e. The molecule has 0 unspecified atom stereocenters. The van der Waals surface area contributed by atoms with E-state index in [1.807, 2.05) is 50.2 Å². The average molecular weight is 309 g/mol. The fraction of sp³-hybridized carbons (Fsp3) is 0.211. The lowest BCUT2D eigenvalue weighted by Gasteiger charge is -2.09. The van der Waals surface area contributed by atoms with Gasteiger partial charge >= 0.3 is 0 Å². The van der Waals surface area contributed by atoms with E-state index >= 15 is 0 Å². The van der Waals surface area contributed by atoms with E-state index in [2.05, 4.69) is 0 Å². The first-order valence-electron chi connectivity index (χ1n) is 7.64. The number of aliphatic hydroxyl groups is 1. The summed E-state index contributed by atoms with van der Waals surface area (Å²) < 4.78 is 7.13. The maximum atomic E-state index is 13.0. The third-order valence-corrected chi connectivity index (χ3v) is 4.00. The van der Waals surface area contributed by atoms with Gasteiger partial charge < -0.3 is 9.84 Å². The Labute approximate surface area is 134 Å². The molecule has 3 rings (SSSR count). The summed E-state index contributed by atoms with van der Waals surface area (Å²) >= 11 is 0. The predicted molar refractivity (Wildman–Crippen MR) is 89.9 cm³/mol. The maximum Gasteiger partial charge on any atom is 0.262 e. The molecule has 118 valence electrons. The van der Waals surface area contributed by atoms with Gasteiger partial charge in [0.15, 0.2) is 0 Å². The molecule has 0 aliphatic rings. The minimum Gasteiger partial charge on any atom is -0.494 e. The summed E-state index contributed by atoms with van der Waals surface area (Å²) in [5.41, 5.74) is 2.92. The fourth-order valence-corrected chi connectivity index (χ4v) is 2.91. The molecule has 1 aromatic heterocycles. The summed E-state index contributed by atoms with van der Waals surface area (Å²) in [6.45, 7) is 4.23. The molecule has 0 fully saturated rings. The van der Waals surface area contributed by atoms with Crippen molar-refractivity contribution in [3.8, 4) is 5.75 Å². The van der Waals surface area contributed by atoms with Gasteiger partial charge in [0.25, 0.3) is 5.91 Å². The number of para-hydroxylation sites is 1. The van der Waals surface area contributed by atoms with Crippen molar-refractivity contribution in [1.29, 1.82) is 0 Å². The second kappa shape index (κ2) is 6.26. The number of ether oxygens (including phenoxy) is 1. The van der Waals surface area contributed by atoms with E-state index in [1.54, 1.807) is 16.7 Å². The average Bonchev–Trinajstić information content (AvgIpc) is 2.86. The second-order valence-corrected chi connectivity index (χ2v) is 5.34. The van der Waals surface area contributed by atoms with Crippen LogP contribution in [0.5, 0.6) is 5.75 Å². The van der Waals surface area contributed by atoms with E-state index in [0.717, 1.165) is 22.2 Å². The van der Waals surface area contributed by atoms with Crippen LogP contribution < -0.4 is 4.74 Å². The van der Waals surface area contributed by atoms with Crippen molar-refractivity contribution in [3.05, 3.63) is 65.4 Å². The third-order valence-electron chi connectivity index (χ3n) is 4.00. The molecule has 1 heterocycles. The van der Waals surface area contributed by atoms with Crippen molar-refractivity contribution >= 4 is 16.8 Å². The molecule has 0 aliphatic heterocycles. The first kappa shape index (κ1) is 15.3. The van der Waals surface area contributed by atoms with Crippen LogP contribution in [0, 0.1) is 6.92 Å². The van der Waals surface area contributed by atoms with E-state index in [9.17, 15) is 9.90 Å². The highest BCUT2D eigenvalue weighted by atomic mass is 16.5. The van der Waals surface area contributed by atoms with Crippen molar-refractivity contribution in [2.24, 2.45) is 0 Å². The van der Waals surface area contributed by atoms with Crippen LogP contribution in [0.4, 0.5) is 0 Å². The van der Waals surface area contributed by atoms with Crippen LogP contribution in [-0.4, -0.2) is 22.2 Å². The van der Waals surface area contributed by atoms with E-state index < -0.39 is 0 Å². The number of hydrogen-bond donors (Lipinski definition) is 1. The molecule has 3 aromatic rings. The van der Waals surface area contributed by atoms with Crippen molar-refractivity contribution in [2.75, 3.05) is 6.61 Å². The first-order valence-corrected chi connectivity index (χ1v) is 7.64. The van der Waals surface area contributed by atoms with Gasteiger partial charge in [-0.05, 0) is 38.1 Å². The summed E-state index contributed by atoms with van der Waals surface area (Å²) in [4.78, 5) is 13.0. The number of hydrogen-bond acceptors (Lipinski definition) is 3. The number of rotatable bonds is 4. The molecule has 0 radical (unpaired) electrons. The van der Waals surface area contributed by atoms with Gasteiger partial charge in [-0.15, -0.1) is 0 Å². The zero-order valence-electron chi connectivity index (χ0n) is 13.2. The Morgan fingerprint density at radius 2 is 1.96 bits per heavy atom. The van der Waals surface area contributed by atoms with Crippen LogP contribution in [0.2, 0.25) is 0 Å². The van der Waals surface area contributed by atoms with Gasteiger partial charge in [0, 0.05) is 22.2 Å². The van der Waals surface area contributed by atoms with Gasteiger partial charge in [-0.3, -0.25) is 9.36 Å². The smallest absolute Gasteiger partial charge is 0.262 e. The highest BCUT2D eigenvalue weighted by molar-refractivity contribution is 6.04. The number of benzene rings is 2. The maximum absolute atomic E-state index is 13.0. The number of nitrogens with zero attached hydrogens (tertiary/aromatic N) is 1. The van der Waals surface area contributed by atoms with Crippen molar-refractivity contribution in [3.63, 3.8) is 0 Å². The highest BCUT2D eigenvalue weighted by Crippen LogP contribution is 2.27. The lowest BCUT2D eigenvalue weighted by atomic mass is 10.1. The standard InChI is InChI=1S/C19H19NO3/c1-3-23-15-8-6-7-14(11-15)19(22)20-13(2)17(12-21)16-9-4-5-10-18(16)20/h4-11,21H,3,12H2,1-2H3. The predicted octanol–water partition coefficient (Wildman–Crippen LogP) is 3.53. The van der Waals surface area contributed by atoms with Crippen molar-refractivity contribution in [1.82, 2.24) is 4.57 Å². The van der Waals surface area contributed by atoms with Gasteiger partial charge in [-0.25, -0.2) is 0 Å². The zero-order chi connectivity index (χ0) is 16.4. The molecular weight excluding hydrogens is 290 g/mol. The minimum absolute atomic E-state index is 0.0917. The molecule has 0 saturated carbocycles. The summed E-state index contributed by atoms with van der Waals surface area (Å²) in [5, 5.41) is 10.6. The Kier molecular flexibility index (Phi) is 4.17. The number of fused-ring (bicyclic) bond motifs is 1. The van der Waals surface area contributed by atoms with Crippen LogP contribution in [0.15, 0.2) is 48.5 Å². The second-order valence-electron chi connectivity index (χ2n) is 5.34. The topological polar surface area (TPSA) is 51.5 Å². The number of carbonyl (C=O) groups is 1. The van der Waals surface area contributed by atoms with Crippen molar-refractivity contribution < 1.29 is 14.6 Å². The SMILES string of the molecule is CCOc1cccc(C(=O)n2c(C)c(CO)c3ccccc32)c1. The zero-order valence-corrected chi connectivity index (χ0v) is 13.2. The summed E-state index contributed by atoms with van der Waals surface area (Å²) in [6, 6.07) is 14.8. The van der Waals surface area contributed by atoms with E-state index in [4.69, 9.17) is 4.74 Å². The van der Waals surface area contributed by atoms with Crippen LogP contribution >= 0.6 is 0 Å². The van der Waals surface area contributed by atoms with Crippen LogP contribution in [0.25, 0.3) is 10.9 Å². The Bertz CT molecular complexity index is 864. The molecule has 0 saturated heterocycles. The molecule has 1 N–H and O–H groups in total. The molecule has 0 bridgehead atoms. The molecule has 0 aliphatic carbocycles. The molecule has 4 heteroatoms. The molecule has 0 spiro atoms. The Balaban J connectivity index is 2.15. The quantitative estimate of drug-likeness (QED) is 0.802. The third kappa shape index (κ3) is 2.62. The Hall–Kier alpha value is -2.59. The summed E-state index contributed by atoms with van der Waals surface area (Å²) in [7, 11) is 0. The number of aliphatic hydroxyl groups excluding tert-OH is 1. The van der Waals surface area contributed by atoms with E-state index in [-0.39, 0.29) is 12.5 Å². The number of aromatic nitrogens is 1. The Morgan fingerprint density at radius 1 is 1.17 bits per heavy atom. The molecule has 23 heavy (non-hydrogen) atoms. The van der Waals surface area contributed by atoms with Gasteiger partial charge in [0.05, 0.1) is 18.7 Å². The van der Waals surface area contributed by atoms with Crippen LogP contribution in [0.1, 0.15) is 28.5 Å². The molecule has 0 atom stereocenters. The lowest BCUT2D eigenvalue weighted by molar-refractivity contribution is 0.0962. The molecular formula is C19H19NO3. The summed E-state index contributed by atoms with van der Waals surface area (Å²) in [5.74, 6) is 0.551. The van der Waals surface area contributed by atoms with E-state index in [0.29, 0.717) is 17.9 Å². The summed E-state index contributed by atoms with van der Waals surface area (Å²) in [6.07, 6.45) is 0. The van der Waals surface area contributed by atoms with Gasteiger partial charge in [-0.2, -0.15) is 0 Å². The number of carbonyl (C=O) groups excluding carboxylic acids is 1. The van der Waals surface area contributed by atoms with Gasteiger partial charge in [0.1, 0.15) is 5.75 Å². The minimum atomic E-state index is -0.125. The van der Waals surface area contributed by atoms with Gasteiger partial charge in [0.2, 0.25) is 0 Å².